The molecule has 0 amide bonds. The molecule has 2 rings (SSSR count). The third-order valence-electron chi connectivity index (χ3n) is 3.17. The molecule has 0 aromatic heterocycles. The van der Waals surface area contributed by atoms with Crippen molar-refractivity contribution in [3.63, 3.8) is 0 Å². The van der Waals surface area contributed by atoms with Crippen molar-refractivity contribution < 1.29 is 4.39 Å². The van der Waals surface area contributed by atoms with Crippen LogP contribution in [-0.2, 0) is 0 Å². The quantitative estimate of drug-likeness (QED) is 0.572. The molecule has 0 bridgehead atoms. The van der Waals surface area contributed by atoms with Crippen LogP contribution in [0.1, 0.15) is 17.2 Å². The zero-order valence-corrected chi connectivity index (χ0v) is 12.8. The summed E-state index contributed by atoms with van der Waals surface area (Å²) in [6.07, 6.45) is 1.92. The highest BCUT2D eigenvalue weighted by Crippen LogP contribution is 2.22. The first kappa shape index (κ1) is 15.8. The fourth-order valence-electron chi connectivity index (χ4n) is 2.17. The Kier molecular flexibility index (Phi) is 6.51. The predicted octanol–water partition coefficient (Wildman–Crippen LogP) is 4.42. The average molecular weight is 301 g/mol. The van der Waals surface area contributed by atoms with E-state index in [-0.39, 0.29) is 11.9 Å². The molecule has 3 heteroatoms. The van der Waals surface area contributed by atoms with Gasteiger partial charge in [-0.2, -0.15) is 11.8 Å². The molecule has 0 radical (unpaired) electrons. The molecule has 1 N–H and O–H groups in total. The van der Waals surface area contributed by atoms with Crippen LogP contribution in [0.25, 0.3) is 0 Å². The lowest BCUT2D eigenvalue weighted by Gasteiger charge is -2.20. The second-order valence-electron chi connectivity index (χ2n) is 4.71. The summed E-state index contributed by atoms with van der Waals surface area (Å²) in [4.78, 5) is 0. The average Bonchev–Trinajstić information content (AvgIpc) is 2.53. The second-order valence-corrected chi connectivity index (χ2v) is 5.86. The second kappa shape index (κ2) is 8.65. The molecule has 1 nitrogen and oxygen atoms in total. The molecule has 2 aromatic rings. The zero-order valence-electron chi connectivity index (χ0n) is 12.0. The predicted molar refractivity (Wildman–Crippen MR) is 90.2 cm³/mol. The number of rotatable bonds is 8. The highest BCUT2D eigenvalue weighted by atomic mass is 32.2. The minimum atomic E-state index is -0.202. The first-order valence-corrected chi connectivity index (χ1v) is 8.19. The van der Waals surface area contributed by atoms with Gasteiger partial charge in [0.2, 0.25) is 0 Å². The molecule has 0 aliphatic carbocycles. The van der Waals surface area contributed by atoms with Crippen molar-refractivity contribution in [3.8, 4) is 0 Å². The van der Waals surface area contributed by atoms with Gasteiger partial charge < -0.3 is 5.32 Å². The molecule has 1 unspecified atom stereocenters. The van der Waals surface area contributed by atoms with Gasteiger partial charge in [0, 0.05) is 18.1 Å². The van der Waals surface area contributed by atoms with Crippen LogP contribution < -0.4 is 5.32 Å². The Morgan fingerprint density at radius 1 is 1.05 bits per heavy atom. The Morgan fingerprint density at radius 3 is 2.38 bits per heavy atom. The number of hydrogen-bond donors (Lipinski definition) is 1. The Morgan fingerprint density at radius 2 is 1.71 bits per heavy atom. The summed E-state index contributed by atoms with van der Waals surface area (Å²) in [5.74, 6) is 1.79. The highest BCUT2D eigenvalue weighted by Gasteiger charge is 2.12. The van der Waals surface area contributed by atoms with Gasteiger partial charge in [-0.1, -0.05) is 48.5 Å². The van der Waals surface area contributed by atoms with Crippen molar-refractivity contribution in [3.05, 3.63) is 84.2 Å². The van der Waals surface area contributed by atoms with Gasteiger partial charge in [0.25, 0.3) is 0 Å². The fourth-order valence-corrected chi connectivity index (χ4v) is 2.77. The molecular weight excluding hydrogens is 281 g/mol. The summed E-state index contributed by atoms with van der Waals surface area (Å²) in [6.45, 7) is 4.62. The van der Waals surface area contributed by atoms with E-state index in [1.807, 2.05) is 48.2 Å². The van der Waals surface area contributed by atoms with Crippen LogP contribution in [0.15, 0.2) is 67.3 Å². The number of halogens is 1. The monoisotopic (exact) mass is 301 g/mol. The number of thioether (sulfide) groups is 1. The largest absolute Gasteiger partial charge is 0.305 e. The zero-order chi connectivity index (χ0) is 14.9. The van der Waals surface area contributed by atoms with Gasteiger partial charge in [-0.3, -0.25) is 0 Å². The Hall–Kier alpha value is -1.58. The van der Waals surface area contributed by atoms with E-state index < -0.39 is 0 Å². The van der Waals surface area contributed by atoms with E-state index in [0.29, 0.717) is 0 Å². The van der Waals surface area contributed by atoms with Crippen LogP contribution in [0.2, 0.25) is 0 Å². The maximum atomic E-state index is 13.1. The van der Waals surface area contributed by atoms with Crippen molar-refractivity contribution in [2.75, 3.05) is 18.1 Å². The van der Waals surface area contributed by atoms with E-state index in [4.69, 9.17) is 0 Å². The van der Waals surface area contributed by atoms with Gasteiger partial charge in [0.1, 0.15) is 5.82 Å². The Bertz CT molecular complexity index is 539. The third kappa shape index (κ3) is 5.03. The minimum absolute atomic E-state index is 0.0936. The van der Waals surface area contributed by atoms with Crippen LogP contribution in [0.4, 0.5) is 4.39 Å². The van der Waals surface area contributed by atoms with Crippen molar-refractivity contribution in [2.24, 2.45) is 0 Å². The first-order chi connectivity index (χ1) is 10.3. The molecule has 0 aliphatic rings. The molecule has 0 fully saturated rings. The maximum Gasteiger partial charge on any atom is 0.123 e. The lowest BCUT2D eigenvalue weighted by atomic mass is 9.99. The number of benzene rings is 2. The fraction of sp³-hybridized carbons (Fsp3) is 0.222. The van der Waals surface area contributed by atoms with Crippen molar-refractivity contribution in [2.45, 2.75) is 6.04 Å². The van der Waals surface area contributed by atoms with E-state index in [2.05, 4.69) is 24.0 Å². The van der Waals surface area contributed by atoms with Crippen LogP contribution >= 0.6 is 11.8 Å². The molecule has 0 saturated carbocycles. The summed E-state index contributed by atoms with van der Waals surface area (Å²) in [5, 5.41) is 3.55. The minimum Gasteiger partial charge on any atom is -0.305 e. The van der Waals surface area contributed by atoms with Gasteiger partial charge in [-0.05, 0) is 23.3 Å². The standard InChI is InChI=1S/C18H20FNS/c1-2-13-21-14-12-20-18(15-6-4-3-5-7-15)16-8-10-17(19)11-9-16/h2-11,18,20H,1,12-14H2. The van der Waals surface area contributed by atoms with E-state index in [9.17, 15) is 4.39 Å². The highest BCUT2D eigenvalue weighted by molar-refractivity contribution is 7.99. The lowest BCUT2D eigenvalue weighted by molar-refractivity contribution is 0.615. The number of nitrogens with one attached hydrogen (secondary N) is 1. The SMILES string of the molecule is C=CCSCCNC(c1ccccc1)c1ccc(F)cc1. The molecule has 110 valence electrons. The van der Waals surface area contributed by atoms with E-state index in [0.717, 1.165) is 23.6 Å². The molecule has 2 aromatic carbocycles. The van der Waals surface area contributed by atoms with E-state index >= 15 is 0 Å². The molecule has 1 atom stereocenters. The van der Waals surface area contributed by atoms with Crippen molar-refractivity contribution in [1.82, 2.24) is 5.32 Å². The summed E-state index contributed by atoms with van der Waals surface area (Å²) in [6, 6.07) is 17.1. The van der Waals surface area contributed by atoms with Gasteiger partial charge in [0.15, 0.2) is 0 Å². The lowest BCUT2D eigenvalue weighted by Crippen LogP contribution is -2.24. The Balaban J connectivity index is 2.07. The van der Waals surface area contributed by atoms with Gasteiger partial charge in [-0.25, -0.2) is 4.39 Å². The number of hydrogen-bond acceptors (Lipinski definition) is 2. The summed E-state index contributed by atoms with van der Waals surface area (Å²) < 4.78 is 13.1. The summed E-state index contributed by atoms with van der Waals surface area (Å²) in [5.41, 5.74) is 2.27. The third-order valence-corrected chi connectivity index (χ3v) is 4.13. The van der Waals surface area contributed by atoms with Crippen molar-refractivity contribution >= 4 is 11.8 Å². The van der Waals surface area contributed by atoms with Crippen LogP contribution in [0.5, 0.6) is 0 Å². The van der Waals surface area contributed by atoms with E-state index in [1.165, 1.54) is 17.7 Å². The van der Waals surface area contributed by atoms with E-state index in [1.54, 1.807) is 0 Å². The molecule has 21 heavy (non-hydrogen) atoms. The molecule has 0 aliphatic heterocycles. The first-order valence-electron chi connectivity index (χ1n) is 7.03. The topological polar surface area (TPSA) is 12.0 Å². The maximum absolute atomic E-state index is 13.1. The molecule has 0 heterocycles. The smallest absolute Gasteiger partial charge is 0.123 e. The van der Waals surface area contributed by atoms with Crippen LogP contribution in [-0.4, -0.2) is 18.1 Å². The summed E-state index contributed by atoms with van der Waals surface area (Å²) >= 11 is 1.85. The summed E-state index contributed by atoms with van der Waals surface area (Å²) in [7, 11) is 0. The molecular formula is C18H20FNS. The van der Waals surface area contributed by atoms with Gasteiger partial charge in [0.05, 0.1) is 6.04 Å². The Labute approximate surface area is 130 Å². The van der Waals surface area contributed by atoms with Crippen LogP contribution in [0.3, 0.4) is 0 Å². The van der Waals surface area contributed by atoms with Gasteiger partial charge >= 0.3 is 0 Å². The molecule has 0 spiro atoms. The molecule has 0 saturated heterocycles. The van der Waals surface area contributed by atoms with Gasteiger partial charge in [-0.15, -0.1) is 6.58 Å². The van der Waals surface area contributed by atoms with Crippen molar-refractivity contribution in [1.29, 1.82) is 0 Å². The normalized spacial score (nSPS) is 12.0. The van der Waals surface area contributed by atoms with Crippen LogP contribution in [0, 0.1) is 5.82 Å².